The molecule has 6 heteroatoms. The minimum absolute atomic E-state index is 0.398. The summed E-state index contributed by atoms with van der Waals surface area (Å²) in [5.74, 6) is 0.398. The van der Waals surface area contributed by atoms with Crippen molar-refractivity contribution in [1.82, 2.24) is 14.6 Å². The van der Waals surface area contributed by atoms with Gasteiger partial charge < -0.3 is 0 Å². The molecule has 0 atom stereocenters. The van der Waals surface area contributed by atoms with Crippen LogP contribution in [0.4, 0.5) is 13.2 Å². The molecule has 0 fully saturated rings. The maximum absolute atomic E-state index is 12.6. The van der Waals surface area contributed by atoms with E-state index in [1.54, 1.807) is 10.7 Å². The second kappa shape index (κ2) is 4.81. The third kappa shape index (κ3) is 2.32. The van der Waals surface area contributed by atoms with Crippen molar-refractivity contribution in [2.75, 3.05) is 0 Å². The highest BCUT2D eigenvalue weighted by Crippen LogP contribution is 2.30. The second-order valence-electron chi connectivity index (χ2n) is 5.18. The standard InChI is InChI=1S/C17H10F3N3/c18-17(19,20)13-7-5-12(6-8-13)15-21-16-14-4-2-1-3-11(14)9-10-23(16)22-15/h1-10H. The zero-order valence-electron chi connectivity index (χ0n) is 11.7. The first kappa shape index (κ1) is 13.8. The van der Waals surface area contributed by atoms with Gasteiger partial charge in [-0.3, -0.25) is 0 Å². The van der Waals surface area contributed by atoms with Crippen molar-refractivity contribution in [3.63, 3.8) is 0 Å². The molecule has 23 heavy (non-hydrogen) atoms. The molecule has 0 radical (unpaired) electrons. The van der Waals surface area contributed by atoms with E-state index in [4.69, 9.17) is 0 Å². The van der Waals surface area contributed by atoms with E-state index in [9.17, 15) is 13.2 Å². The summed E-state index contributed by atoms with van der Waals surface area (Å²) in [6.45, 7) is 0. The monoisotopic (exact) mass is 313 g/mol. The molecule has 2 aromatic carbocycles. The zero-order valence-corrected chi connectivity index (χ0v) is 11.7. The van der Waals surface area contributed by atoms with Crippen molar-refractivity contribution in [2.45, 2.75) is 6.18 Å². The first-order chi connectivity index (χ1) is 11.0. The Labute approximate surface area is 129 Å². The number of pyridine rings is 1. The zero-order chi connectivity index (χ0) is 16.0. The van der Waals surface area contributed by atoms with Crippen LogP contribution < -0.4 is 0 Å². The van der Waals surface area contributed by atoms with Gasteiger partial charge in [-0.1, -0.05) is 36.4 Å². The Balaban J connectivity index is 1.84. The van der Waals surface area contributed by atoms with Crippen LogP contribution in [0.1, 0.15) is 5.56 Å². The van der Waals surface area contributed by atoms with E-state index < -0.39 is 11.7 Å². The van der Waals surface area contributed by atoms with Crippen molar-refractivity contribution >= 4 is 16.4 Å². The van der Waals surface area contributed by atoms with Crippen molar-refractivity contribution in [3.05, 3.63) is 66.4 Å². The molecule has 4 aromatic rings. The maximum atomic E-state index is 12.6. The lowest BCUT2D eigenvalue weighted by atomic mass is 10.1. The fourth-order valence-corrected chi connectivity index (χ4v) is 2.54. The van der Waals surface area contributed by atoms with Crippen LogP contribution >= 0.6 is 0 Å². The Hall–Kier alpha value is -2.89. The molecule has 0 saturated heterocycles. The first-order valence-electron chi connectivity index (χ1n) is 6.94. The van der Waals surface area contributed by atoms with E-state index in [1.807, 2.05) is 30.3 Å². The Morgan fingerprint density at radius 3 is 2.35 bits per heavy atom. The molecule has 3 nitrogen and oxygen atoms in total. The predicted molar refractivity (Wildman–Crippen MR) is 80.9 cm³/mol. The highest BCUT2D eigenvalue weighted by atomic mass is 19.4. The number of hydrogen-bond donors (Lipinski definition) is 0. The van der Waals surface area contributed by atoms with Gasteiger partial charge in [0.15, 0.2) is 11.5 Å². The molecule has 0 spiro atoms. The molecule has 2 aromatic heterocycles. The number of alkyl halides is 3. The van der Waals surface area contributed by atoms with Gasteiger partial charge in [0.1, 0.15) is 0 Å². The van der Waals surface area contributed by atoms with E-state index in [0.717, 1.165) is 22.9 Å². The third-order valence-corrected chi connectivity index (χ3v) is 3.70. The number of nitrogens with zero attached hydrogens (tertiary/aromatic N) is 3. The second-order valence-corrected chi connectivity index (χ2v) is 5.18. The normalized spacial score (nSPS) is 12.1. The van der Waals surface area contributed by atoms with Crippen LogP contribution in [0.25, 0.3) is 27.8 Å². The van der Waals surface area contributed by atoms with E-state index in [-0.39, 0.29) is 0 Å². The molecule has 0 amide bonds. The molecule has 0 aliphatic heterocycles. The summed E-state index contributed by atoms with van der Waals surface area (Å²) >= 11 is 0. The van der Waals surface area contributed by atoms with Gasteiger partial charge in [-0.25, -0.2) is 9.50 Å². The van der Waals surface area contributed by atoms with Crippen LogP contribution in [0.15, 0.2) is 60.8 Å². The van der Waals surface area contributed by atoms with Gasteiger partial charge in [0.25, 0.3) is 0 Å². The summed E-state index contributed by atoms with van der Waals surface area (Å²) in [5, 5.41) is 6.33. The van der Waals surface area contributed by atoms with E-state index >= 15 is 0 Å². The highest BCUT2D eigenvalue weighted by Gasteiger charge is 2.30. The number of aromatic nitrogens is 3. The topological polar surface area (TPSA) is 30.2 Å². The number of hydrogen-bond acceptors (Lipinski definition) is 2. The Morgan fingerprint density at radius 2 is 1.61 bits per heavy atom. The number of rotatable bonds is 1. The van der Waals surface area contributed by atoms with Crippen LogP contribution in [0, 0.1) is 0 Å². The average molecular weight is 313 g/mol. The van der Waals surface area contributed by atoms with Crippen LogP contribution in [-0.4, -0.2) is 14.6 Å². The van der Waals surface area contributed by atoms with Crippen molar-refractivity contribution in [3.8, 4) is 11.4 Å². The number of benzene rings is 2. The van der Waals surface area contributed by atoms with E-state index in [0.29, 0.717) is 17.0 Å². The van der Waals surface area contributed by atoms with E-state index in [1.165, 1.54) is 12.1 Å². The molecule has 0 bridgehead atoms. The lowest BCUT2D eigenvalue weighted by Gasteiger charge is -2.05. The van der Waals surface area contributed by atoms with Gasteiger partial charge in [0.2, 0.25) is 0 Å². The summed E-state index contributed by atoms with van der Waals surface area (Å²) in [5.41, 5.74) is 0.541. The smallest absolute Gasteiger partial charge is 0.220 e. The Morgan fingerprint density at radius 1 is 0.870 bits per heavy atom. The molecule has 0 saturated carbocycles. The van der Waals surface area contributed by atoms with Crippen LogP contribution in [-0.2, 0) is 6.18 Å². The van der Waals surface area contributed by atoms with Gasteiger partial charge in [-0.15, -0.1) is 5.10 Å². The summed E-state index contributed by atoms with van der Waals surface area (Å²) in [7, 11) is 0. The third-order valence-electron chi connectivity index (χ3n) is 3.70. The summed E-state index contributed by atoms with van der Waals surface area (Å²) in [6, 6.07) is 14.5. The van der Waals surface area contributed by atoms with Crippen LogP contribution in [0.2, 0.25) is 0 Å². The first-order valence-corrected chi connectivity index (χ1v) is 6.94. The van der Waals surface area contributed by atoms with Gasteiger partial charge >= 0.3 is 6.18 Å². The SMILES string of the molecule is FC(F)(F)c1ccc(-c2nc3c4ccccc4ccn3n2)cc1. The quantitative estimate of drug-likeness (QED) is 0.515. The Bertz CT molecular complexity index is 1000. The molecule has 4 rings (SSSR count). The molecule has 0 N–H and O–H groups in total. The minimum Gasteiger partial charge on any atom is -0.220 e. The fraction of sp³-hybridized carbons (Fsp3) is 0.0588. The van der Waals surface area contributed by atoms with Gasteiger partial charge in [0, 0.05) is 17.1 Å². The lowest BCUT2D eigenvalue weighted by Crippen LogP contribution is -2.04. The molecular formula is C17H10F3N3. The molecule has 2 heterocycles. The Kier molecular flexibility index (Phi) is 2.87. The molecule has 0 aliphatic carbocycles. The largest absolute Gasteiger partial charge is 0.416 e. The predicted octanol–water partition coefficient (Wildman–Crippen LogP) is 4.57. The van der Waals surface area contributed by atoms with Crippen LogP contribution in [0.5, 0.6) is 0 Å². The minimum atomic E-state index is -4.35. The van der Waals surface area contributed by atoms with E-state index in [2.05, 4.69) is 10.1 Å². The average Bonchev–Trinajstić information content (AvgIpc) is 2.99. The summed E-state index contributed by atoms with van der Waals surface area (Å²) in [6.07, 6.45) is -2.56. The number of halogens is 3. The summed E-state index contributed by atoms with van der Waals surface area (Å²) in [4.78, 5) is 4.47. The van der Waals surface area contributed by atoms with Crippen molar-refractivity contribution in [1.29, 1.82) is 0 Å². The van der Waals surface area contributed by atoms with Gasteiger partial charge in [-0.2, -0.15) is 13.2 Å². The fourth-order valence-electron chi connectivity index (χ4n) is 2.54. The molecular weight excluding hydrogens is 303 g/mol. The maximum Gasteiger partial charge on any atom is 0.416 e. The van der Waals surface area contributed by atoms with Crippen molar-refractivity contribution in [2.24, 2.45) is 0 Å². The molecule has 0 unspecified atom stereocenters. The lowest BCUT2D eigenvalue weighted by molar-refractivity contribution is -0.137. The highest BCUT2D eigenvalue weighted by molar-refractivity contribution is 5.94. The van der Waals surface area contributed by atoms with Crippen molar-refractivity contribution < 1.29 is 13.2 Å². The summed E-state index contributed by atoms with van der Waals surface area (Å²) < 4.78 is 39.5. The van der Waals surface area contributed by atoms with Gasteiger partial charge in [0.05, 0.1) is 5.56 Å². The molecule has 0 aliphatic rings. The molecule has 114 valence electrons. The number of fused-ring (bicyclic) bond motifs is 3. The van der Waals surface area contributed by atoms with Gasteiger partial charge in [-0.05, 0) is 23.6 Å². The van der Waals surface area contributed by atoms with Crippen LogP contribution in [0.3, 0.4) is 0 Å².